The minimum atomic E-state index is -0.802. The van der Waals surface area contributed by atoms with Gasteiger partial charge in [-0.05, 0) is 96.3 Å². The molecule has 0 aromatic carbocycles. The van der Waals surface area contributed by atoms with Gasteiger partial charge in [0.1, 0.15) is 13.2 Å². The first-order valence-corrected chi connectivity index (χ1v) is 24.7. The van der Waals surface area contributed by atoms with Crippen molar-refractivity contribution < 1.29 is 28.6 Å². The van der Waals surface area contributed by atoms with E-state index in [1.807, 2.05) is 0 Å². The van der Waals surface area contributed by atoms with Gasteiger partial charge in [-0.25, -0.2) is 0 Å². The maximum Gasteiger partial charge on any atom is 0.306 e. The fourth-order valence-corrected chi connectivity index (χ4v) is 6.42. The van der Waals surface area contributed by atoms with Gasteiger partial charge in [0.15, 0.2) is 6.10 Å². The quantitative estimate of drug-likeness (QED) is 0.0263. The SMILES string of the molecule is CC/C=C\C/C=C\C/C=C\C/C=C\CCCCCCC(=O)OC[C@H](COC(=O)CCCC/C=C\C/C=C\C/C=C\C/C=C\CC)OC(=O)CCCCCCCCCCCCC. The average Bonchev–Trinajstić information content (AvgIpc) is 3.26. The van der Waals surface area contributed by atoms with E-state index in [1.165, 1.54) is 51.4 Å². The van der Waals surface area contributed by atoms with Gasteiger partial charge in [0.05, 0.1) is 0 Å². The predicted octanol–water partition coefficient (Wildman–Crippen LogP) is 16.2. The van der Waals surface area contributed by atoms with E-state index < -0.39 is 6.10 Å². The third kappa shape index (κ3) is 47.2. The molecule has 0 aromatic rings. The van der Waals surface area contributed by atoms with Crippen LogP contribution in [0.4, 0.5) is 0 Å². The molecular weight excluding hydrogens is 757 g/mol. The van der Waals surface area contributed by atoms with Crippen molar-refractivity contribution in [3.63, 3.8) is 0 Å². The summed E-state index contributed by atoms with van der Waals surface area (Å²) in [7, 11) is 0. The van der Waals surface area contributed by atoms with Gasteiger partial charge >= 0.3 is 17.9 Å². The van der Waals surface area contributed by atoms with Gasteiger partial charge in [0.25, 0.3) is 0 Å². The highest BCUT2D eigenvalue weighted by Crippen LogP contribution is 2.14. The second-order valence-corrected chi connectivity index (χ2v) is 16.0. The molecule has 0 heterocycles. The number of rotatable bonds is 43. The lowest BCUT2D eigenvalue weighted by molar-refractivity contribution is -0.167. The molecule has 346 valence electrons. The summed E-state index contributed by atoms with van der Waals surface area (Å²) in [6, 6.07) is 0. The van der Waals surface area contributed by atoms with Crippen molar-refractivity contribution in [2.45, 2.75) is 219 Å². The van der Waals surface area contributed by atoms with E-state index in [0.29, 0.717) is 19.3 Å². The largest absolute Gasteiger partial charge is 0.462 e. The van der Waals surface area contributed by atoms with Gasteiger partial charge in [0.2, 0.25) is 0 Å². The standard InChI is InChI=1S/C55H90O6/c1-4-7-10-13-16-19-22-24-26-27-29-31-34-36-39-42-45-48-54(57)60-51-52(61-55(58)49-46-43-40-37-32-21-18-15-12-9-6-3)50-59-53(56)47-44-41-38-35-33-30-28-25-23-20-17-14-11-8-5-2/h7-8,10-11,16-17,19-20,24-26,28-29,31,33,35,52H,4-6,9,12-15,18,21-23,27,30,32,34,36-51H2,1-3H3/b10-7-,11-8-,19-16-,20-17-,26-24-,28-25-,31-29-,35-33-/t52-/m0/s1. The maximum atomic E-state index is 12.7. The lowest BCUT2D eigenvalue weighted by Gasteiger charge is -2.18. The zero-order valence-corrected chi connectivity index (χ0v) is 39.4. The molecule has 0 spiro atoms. The fourth-order valence-electron chi connectivity index (χ4n) is 6.42. The molecule has 0 aromatic heterocycles. The number of allylic oxidation sites excluding steroid dienone is 16. The lowest BCUT2D eigenvalue weighted by atomic mass is 10.1. The summed E-state index contributed by atoms with van der Waals surface area (Å²) in [5.41, 5.74) is 0. The van der Waals surface area contributed by atoms with Crippen LogP contribution in [0.25, 0.3) is 0 Å². The fraction of sp³-hybridized carbons (Fsp3) is 0.655. The Balaban J connectivity index is 4.48. The van der Waals surface area contributed by atoms with Crippen LogP contribution in [0.15, 0.2) is 97.2 Å². The number of carbonyl (C=O) groups excluding carboxylic acids is 3. The molecule has 0 aliphatic rings. The Bertz CT molecular complexity index is 1250. The van der Waals surface area contributed by atoms with Crippen LogP contribution in [0.1, 0.15) is 213 Å². The normalized spacial score (nSPS) is 12.9. The maximum absolute atomic E-state index is 12.7. The number of ether oxygens (including phenoxy) is 3. The van der Waals surface area contributed by atoms with E-state index in [1.54, 1.807) is 0 Å². The van der Waals surface area contributed by atoms with Crippen LogP contribution in [0.5, 0.6) is 0 Å². The Morgan fingerprint density at radius 1 is 0.344 bits per heavy atom. The second-order valence-electron chi connectivity index (χ2n) is 16.0. The van der Waals surface area contributed by atoms with E-state index in [4.69, 9.17) is 14.2 Å². The van der Waals surface area contributed by atoms with Crippen LogP contribution in [-0.4, -0.2) is 37.2 Å². The van der Waals surface area contributed by atoms with Gasteiger partial charge in [-0.3, -0.25) is 14.4 Å². The van der Waals surface area contributed by atoms with Crippen LogP contribution in [0.2, 0.25) is 0 Å². The van der Waals surface area contributed by atoms with Crippen molar-refractivity contribution in [2.75, 3.05) is 13.2 Å². The molecule has 0 aliphatic carbocycles. The zero-order chi connectivity index (χ0) is 44.4. The first-order chi connectivity index (χ1) is 30.0. The molecule has 0 unspecified atom stereocenters. The average molecular weight is 847 g/mol. The highest BCUT2D eigenvalue weighted by atomic mass is 16.6. The Morgan fingerprint density at radius 3 is 1.03 bits per heavy atom. The molecule has 0 bridgehead atoms. The van der Waals surface area contributed by atoms with Gasteiger partial charge < -0.3 is 14.2 Å². The molecule has 0 saturated carbocycles. The minimum absolute atomic E-state index is 0.103. The van der Waals surface area contributed by atoms with Crippen LogP contribution < -0.4 is 0 Å². The molecule has 6 nitrogen and oxygen atoms in total. The molecule has 1 atom stereocenters. The summed E-state index contributed by atoms with van der Waals surface area (Å²) >= 11 is 0. The number of carbonyl (C=O) groups is 3. The molecule has 61 heavy (non-hydrogen) atoms. The van der Waals surface area contributed by atoms with Crippen molar-refractivity contribution >= 4 is 17.9 Å². The topological polar surface area (TPSA) is 78.9 Å². The molecule has 0 saturated heterocycles. The predicted molar refractivity (Wildman–Crippen MR) is 260 cm³/mol. The summed E-state index contributed by atoms with van der Waals surface area (Å²) < 4.78 is 16.7. The van der Waals surface area contributed by atoms with Crippen molar-refractivity contribution in [3.05, 3.63) is 97.2 Å². The van der Waals surface area contributed by atoms with Crippen molar-refractivity contribution in [1.29, 1.82) is 0 Å². The molecule has 0 fully saturated rings. The first-order valence-electron chi connectivity index (χ1n) is 24.7. The van der Waals surface area contributed by atoms with Crippen LogP contribution in [0, 0.1) is 0 Å². The zero-order valence-electron chi connectivity index (χ0n) is 39.4. The van der Waals surface area contributed by atoms with E-state index in [0.717, 1.165) is 122 Å². The number of hydrogen-bond donors (Lipinski definition) is 0. The lowest BCUT2D eigenvalue weighted by Crippen LogP contribution is -2.30. The molecular formula is C55H90O6. The monoisotopic (exact) mass is 847 g/mol. The van der Waals surface area contributed by atoms with Crippen LogP contribution >= 0.6 is 0 Å². The Kier molecular flexibility index (Phi) is 46.0. The van der Waals surface area contributed by atoms with Crippen molar-refractivity contribution in [3.8, 4) is 0 Å². The number of hydrogen-bond acceptors (Lipinski definition) is 6. The van der Waals surface area contributed by atoms with E-state index in [-0.39, 0.29) is 31.1 Å². The van der Waals surface area contributed by atoms with Gasteiger partial charge in [-0.2, -0.15) is 0 Å². The summed E-state index contributed by atoms with van der Waals surface area (Å²) in [6.07, 6.45) is 63.9. The first kappa shape index (κ1) is 57.3. The van der Waals surface area contributed by atoms with Crippen molar-refractivity contribution in [2.24, 2.45) is 0 Å². The van der Waals surface area contributed by atoms with Gasteiger partial charge in [0, 0.05) is 19.3 Å². The Labute approximate surface area is 375 Å². The van der Waals surface area contributed by atoms with Crippen LogP contribution in [0.3, 0.4) is 0 Å². The van der Waals surface area contributed by atoms with E-state index >= 15 is 0 Å². The van der Waals surface area contributed by atoms with Crippen LogP contribution in [-0.2, 0) is 28.6 Å². The third-order valence-corrected chi connectivity index (χ3v) is 10.1. The third-order valence-electron chi connectivity index (χ3n) is 10.1. The molecule has 0 aliphatic heterocycles. The smallest absolute Gasteiger partial charge is 0.306 e. The number of unbranched alkanes of at least 4 members (excludes halogenated alkanes) is 16. The Hall–Kier alpha value is -3.67. The second kappa shape index (κ2) is 49.0. The summed E-state index contributed by atoms with van der Waals surface area (Å²) in [6.45, 7) is 6.33. The minimum Gasteiger partial charge on any atom is -0.462 e. The highest BCUT2D eigenvalue weighted by Gasteiger charge is 2.19. The van der Waals surface area contributed by atoms with Gasteiger partial charge in [-0.15, -0.1) is 0 Å². The number of esters is 3. The summed E-state index contributed by atoms with van der Waals surface area (Å²) in [4.78, 5) is 37.9. The van der Waals surface area contributed by atoms with E-state index in [2.05, 4.69) is 118 Å². The summed E-state index contributed by atoms with van der Waals surface area (Å²) in [5.74, 6) is -0.972. The molecule has 0 radical (unpaired) electrons. The summed E-state index contributed by atoms with van der Waals surface area (Å²) in [5, 5.41) is 0. The Morgan fingerprint density at radius 2 is 0.639 bits per heavy atom. The van der Waals surface area contributed by atoms with E-state index in [9.17, 15) is 14.4 Å². The molecule has 0 rings (SSSR count). The molecule has 0 amide bonds. The molecule has 0 N–H and O–H groups in total. The van der Waals surface area contributed by atoms with Gasteiger partial charge in [-0.1, -0.05) is 195 Å². The van der Waals surface area contributed by atoms with Crippen molar-refractivity contribution in [1.82, 2.24) is 0 Å². The highest BCUT2D eigenvalue weighted by molar-refractivity contribution is 5.71. The molecule has 6 heteroatoms.